The van der Waals surface area contributed by atoms with Crippen LogP contribution in [0.5, 0.6) is 0 Å². The van der Waals surface area contributed by atoms with Gasteiger partial charge < -0.3 is 14.8 Å². The number of nitrogens with one attached hydrogen (secondary N) is 1. The van der Waals surface area contributed by atoms with Crippen molar-refractivity contribution in [1.29, 1.82) is 0 Å². The quantitative estimate of drug-likeness (QED) is 0.683. The highest BCUT2D eigenvalue weighted by Gasteiger charge is 2.28. The second-order valence-corrected chi connectivity index (χ2v) is 3.65. The number of ether oxygens (including phenoxy) is 2. The largest absolute Gasteiger partial charge is 0.469 e. The van der Waals surface area contributed by atoms with Gasteiger partial charge in [-0.3, -0.25) is 9.59 Å². The summed E-state index contributed by atoms with van der Waals surface area (Å²) in [4.78, 5) is 22.3. The molecule has 0 amide bonds. The van der Waals surface area contributed by atoms with Crippen LogP contribution in [0.4, 0.5) is 0 Å². The zero-order valence-corrected chi connectivity index (χ0v) is 9.12. The normalized spacial score (nSPS) is 25.7. The summed E-state index contributed by atoms with van der Waals surface area (Å²) in [6.07, 6.45) is 2.89. The van der Waals surface area contributed by atoms with Crippen LogP contribution in [0.25, 0.3) is 0 Å². The topological polar surface area (TPSA) is 64.6 Å². The van der Waals surface area contributed by atoms with Gasteiger partial charge in [-0.1, -0.05) is 0 Å². The van der Waals surface area contributed by atoms with E-state index < -0.39 is 0 Å². The van der Waals surface area contributed by atoms with Crippen molar-refractivity contribution in [2.45, 2.75) is 37.8 Å². The van der Waals surface area contributed by atoms with Crippen molar-refractivity contribution in [1.82, 2.24) is 5.32 Å². The van der Waals surface area contributed by atoms with Crippen LogP contribution in [0.15, 0.2) is 0 Å². The van der Waals surface area contributed by atoms with Gasteiger partial charge in [0.05, 0.1) is 20.6 Å². The Labute approximate surface area is 89.1 Å². The van der Waals surface area contributed by atoms with Crippen molar-refractivity contribution < 1.29 is 19.1 Å². The number of carbonyl (C=O) groups excluding carboxylic acids is 2. The van der Waals surface area contributed by atoms with Crippen LogP contribution < -0.4 is 5.32 Å². The molecule has 0 aromatic carbocycles. The van der Waals surface area contributed by atoms with Crippen LogP contribution >= 0.6 is 0 Å². The van der Waals surface area contributed by atoms with E-state index in [1.165, 1.54) is 14.2 Å². The van der Waals surface area contributed by atoms with Crippen LogP contribution in [0.3, 0.4) is 0 Å². The molecule has 5 heteroatoms. The smallest absolute Gasteiger partial charge is 0.322 e. The molecule has 1 N–H and O–H groups in total. The Hall–Kier alpha value is -1.10. The second-order valence-electron chi connectivity index (χ2n) is 3.65. The summed E-state index contributed by atoms with van der Waals surface area (Å²) in [5.41, 5.74) is 0. The monoisotopic (exact) mass is 215 g/mol. The second kappa shape index (κ2) is 5.70. The van der Waals surface area contributed by atoms with Crippen molar-refractivity contribution in [2.24, 2.45) is 0 Å². The van der Waals surface area contributed by atoms with Gasteiger partial charge in [0.25, 0.3) is 0 Å². The van der Waals surface area contributed by atoms with E-state index in [0.29, 0.717) is 6.42 Å². The molecule has 1 aliphatic heterocycles. The molecule has 86 valence electrons. The SMILES string of the molecule is COC(=O)CC1CCCC(C(=O)OC)N1. The third-order valence-electron chi connectivity index (χ3n) is 2.61. The first-order valence-electron chi connectivity index (χ1n) is 5.08. The zero-order chi connectivity index (χ0) is 11.3. The molecular weight excluding hydrogens is 198 g/mol. The number of rotatable bonds is 3. The Morgan fingerprint density at radius 1 is 1.27 bits per heavy atom. The van der Waals surface area contributed by atoms with Gasteiger partial charge in [0, 0.05) is 6.04 Å². The number of esters is 2. The molecule has 0 bridgehead atoms. The molecule has 5 nitrogen and oxygen atoms in total. The van der Waals surface area contributed by atoms with E-state index in [9.17, 15) is 9.59 Å². The lowest BCUT2D eigenvalue weighted by Gasteiger charge is -2.28. The number of carbonyl (C=O) groups is 2. The standard InChI is InChI=1S/C10H17NO4/c1-14-9(12)6-7-4-3-5-8(11-7)10(13)15-2/h7-8,11H,3-6H2,1-2H3. The summed E-state index contributed by atoms with van der Waals surface area (Å²) in [6, 6.07) is -0.256. The Morgan fingerprint density at radius 3 is 2.60 bits per heavy atom. The van der Waals surface area contributed by atoms with E-state index in [-0.39, 0.29) is 24.0 Å². The van der Waals surface area contributed by atoms with E-state index in [1.54, 1.807) is 0 Å². The molecular formula is C10H17NO4. The molecule has 2 unspecified atom stereocenters. The maximum Gasteiger partial charge on any atom is 0.322 e. The first kappa shape index (κ1) is 12.0. The minimum absolute atomic E-state index is 0.0234. The molecule has 1 aliphatic rings. The average Bonchev–Trinajstić information content (AvgIpc) is 2.28. The van der Waals surface area contributed by atoms with Crippen molar-refractivity contribution in [3.05, 3.63) is 0 Å². The molecule has 0 aliphatic carbocycles. The third-order valence-corrected chi connectivity index (χ3v) is 2.61. The molecule has 1 saturated heterocycles. The molecule has 1 fully saturated rings. The fourth-order valence-corrected chi connectivity index (χ4v) is 1.79. The lowest BCUT2D eigenvalue weighted by atomic mass is 9.96. The van der Waals surface area contributed by atoms with Crippen molar-refractivity contribution in [3.63, 3.8) is 0 Å². The summed E-state index contributed by atoms with van der Waals surface area (Å²) >= 11 is 0. The first-order valence-corrected chi connectivity index (χ1v) is 5.08. The van der Waals surface area contributed by atoms with E-state index >= 15 is 0 Å². The van der Waals surface area contributed by atoms with Crippen molar-refractivity contribution in [3.8, 4) is 0 Å². The lowest BCUT2D eigenvalue weighted by Crippen LogP contribution is -2.48. The lowest BCUT2D eigenvalue weighted by molar-refractivity contribution is -0.146. The number of methoxy groups -OCH3 is 2. The highest BCUT2D eigenvalue weighted by molar-refractivity contribution is 5.76. The zero-order valence-electron chi connectivity index (χ0n) is 9.12. The summed E-state index contributed by atoms with van der Waals surface area (Å²) in [5.74, 6) is -0.511. The van der Waals surface area contributed by atoms with Gasteiger partial charge in [0.1, 0.15) is 6.04 Å². The Balaban J connectivity index is 2.42. The Morgan fingerprint density at radius 2 is 2.00 bits per heavy atom. The summed E-state index contributed by atoms with van der Waals surface area (Å²) in [7, 11) is 2.73. The minimum Gasteiger partial charge on any atom is -0.469 e. The predicted octanol–water partition coefficient (Wildman–Crippen LogP) is 0.233. The number of hydrogen-bond donors (Lipinski definition) is 1. The van der Waals surface area contributed by atoms with E-state index in [4.69, 9.17) is 0 Å². The molecule has 1 heterocycles. The number of hydrogen-bond acceptors (Lipinski definition) is 5. The third kappa shape index (κ3) is 3.51. The van der Waals surface area contributed by atoms with Gasteiger partial charge in [-0.2, -0.15) is 0 Å². The fraction of sp³-hybridized carbons (Fsp3) is 0.800. The fourth-order valence-electron chi connectivity index (χ4n) is 1.79. The van der Waals surface area contributed by atoms with Gasteiger partial charge >= 0.3 is 11.9 Å². The van der Waals surface area contributed by atoms with Crippen LogP contribution in [0, 0.1) is 0 Å². The molecule has 0 aromatic heterocycles. The summed E-state index contributed by atoms with van der Waals surface area (Å²) < 4.78 is 9.23. The number of piperidine rings is 1. The van der Waals surface area contributed by atoms with Crippen LogP contribution in [-0.4, -0.2) is 38.2 Å². The van der Waals surface area contributed by atoms with Crippen molar-refractivity contribution in [2.75, 3.05) is 14.2 Å². The summed E-state index contributed by atoms with van der Waals surface area (Å²) in [6.45, 7) is 0. The van der Waals surface area contributed by atoms with Crippen LogP contribution in [0.1, 0.15) is 25.7 Å². The predicted molar refractivity (Wildman–Crippen MR) is 53.2 cm³/mol. The minimum atomic E-state index is -0.279. The first-order chi connectivity index (χ1) is 7.17. The summed E-state index contributed by atoms with van der Waals surface area (Å²) in [5, 5.41) is 3.09. The van der Waals surface area contributed by atoms with E-state index in [0.717, 1.165) is 19.3 Å². The molecule has 2 atom stereocenters. The van der Waals surface area contributed by atoms with Gasteiger partial charge in [0.15, 0.2) is 0 Å². The van der Waals surface area contributed by atoms with Gasteiger partial charge in [-0.25, -0.2) is 0 Å². The average molecular weight is 215 g/mol. The maximum atomic E-state index is 11.3. The highest BCUT2D eigenvalue weighted by atomic mass is 16.5. The van der Waals surface area contributed by atoms with Gasteiger partial charge in [0.2, 0.25) is 0 Å². The molecule has 1 rings (SSSR count). The Kier molecular flexibility index (Phi) is 4.55. The maximum absolute atomic E-state index is 11.3. The van der Waals surface area contributed by atoms with E-state index in [2.05, 4.69) is 14.8 Å². The molecule has 0 saturated carbocycles. The molecule has 0 spiro atoms. The van der Waals surface area contributed by atoms with Crippen molar-refractivity contribution >= 4 is 11.9 Å². The molecule has 0 aromatic rings. The Bertz CT molecular complexity index is 242. The molecule has 15 heavy (non-hydrogen) atoms. The van der Waals surface area contributed by atoms with Crippen LogP contribution in [0.2, 0.25) is 0 Å². The van der Waals surface area contributed by atoms with Crippen LogP contribution in [-0.2, 0) is 19.1 Å². The van der Waals surface area contributed by atoms with Gasteiger partial charge in [-0.05, 0) is 19.3 Å². The highest BCUT2D eigenvalue weighted by Crippen LogP contribution is 2.16. The van der Waals surface area contributed by atoms with E-state index in [1.807, 2.05) is 0 Å². The molecule has 0 radical (unpaired) electrons. The van der Waals surface area contributed by atoms with Gasteiger partial charge in [-0.15, -0.1) is 0 Å².